The molecule has 0 saturated heterocycles. The van der Waals surface area contributed by atoms with Gasteiger partial charge in [0.2, 0.25) is 0 Å². The number of nitrogens with zero attached hydrogens (tertiary/aromatic N) is 1. The van der Waals surface area contributed by atoms with Crippen molar-refractivity contribution in [2.24, 2.45) is 7.05 Å². The van der Waals surface area contributed by atoms with E-state index < -0.39 is 19.6 Å². The topological polar surface area (TPSA) is 17.0 Å². The van der Waals surface area contributed by atoms with Crippen molar-refractivity contribution in [2.45, 2.75) is 36.5 Å². The van der Waals surface area contributed by atoms with Gasteiger partial charge in [0.25, 0.3) is 0 Å². The molecule has 1 aliphatic rings. The molecule has 0 unspecified atom stereocenters. The number of benzene rings is 3. The molecule has 0 radical (unpaired) electrons. The predicted octanol–water partition coefficient (Wildman–Crippen LogP) is 6.91. The number of rotatable bonds is 2. The third-order valence-corrected chi connectivity index (χ3v) is 14.4. The molecule has 3 heteroatoms. The van der Waals surface area contributed by atoms with Crippen molar-refractivity contribution < 1.29 is 11.7 Å². The predicted molar refractivity (Wildman–Crippen MR) is 141 cm³/mol. The van der Waals surface area contributed by atoms with Crippen LogP contribution in [0.15, 0.2) is 77.3 Å². The zero-order valence-corrected chi connectivity index (χ0v) is 21.8. The number of hydrogen-bond acceptors (Lipinski definition) is 1. The monoisotopic (exact) mass is 496 g/mol. The van der Waals surface area contributed by atoms with Gasteiger partial charge in [0.05, 0.1) is 0 Å². The minimum atomic E-state index is -2.28. The van der Waals surface area contributed by atoms with Crippen molar-refractivity contribution in [3.8, 4) is 22.4 Å². The van der Waals surface area contributed by atoms with Gasteiger partial charge in [-0.3, -0.25) is 0 Å². The van der Waals surface area contributed by atoms with E-state index >= 15 is 0 Å². The summed E-state index contributed by atoms with van der Waals surface area (Å²) in [6.45, 7) is 2.13. The molecule has 3 aromatic carbocycles. The average Bonchev–Trinajstić information content (AvgIpc) is 3.21. The summed E-state index contributed by atoms with van der Waals surface area (Å²) in [6, 6.07) is 23.3. The van der Waals surface area contributed by atoms with Crippen molar-refractivity contribution in [3.63, 3.8) is 0 Å². The quantitative estimate of drug-likeness (QED) is 0.192. The van der Waals surface area contributed by atoms with E-state index in [1.165, 1.54) is 9.96 Å². The van der Waals surface area contributed by atoms with Crippen molar-refractivity contribution in [1.29, 1.82) is 0 Å². The van der Waals surface area contributed by atoms with Crippen LogP contribution in [0.25, 0.3) is 44.3 Å². The van der Waals surface area contributed by atoms with Gasteiger partial charge >= 0.3 is 201 Å². The Balaban J connectivity index is 1.69. The Morgan fingerprint density at radius 1 is 0.879 bits per heavy atom. The van der Waals surface area contributed by atoms with Crippen LogP contribution in [0.3, 0.4) is 0 Å². The number of hydrogen-bond donors (Lipinski definition) is 0. The van der Waals surface area contributed by atoms with Crippen molar-refractivity contribution in [1.82, 2.24) is 0 Å². The Hall–Kier alpha value is -2.85. The van der Waals surface area contributed by atoms with E-state index in [1.807, 2.05) is 6.07 Å². The number of aromatic nitrogens is 1. The molecule has 2 aromatic heterocycles. The fourth-order valence-corrected chi connectivity index (χ4v) is 10.6. The number of furan rings is 1. The van der Waals surface area contributed by atoms with Crippen LogP contribution in [0.2, 0.25) is 16.8 Å². The van der Waals surface area contributed by atoms with E-state index in [0.717, 1.165) is 55.1 Å². The number of fused-ring (bicyclic) bond motifs is 4. The second kappa shape index (κ2) is 7.60. The molecule has 33 heavy (non-hydrogen) atoms. The number of aryl methyl sites for hydroxylation is 2. The van der Waals surface area contributed by atoms with Gasteiger partial charge in [-0.25, -0.2) is 0 Å². The van der Waals surface area contributed by atoms with E-state index in [1.54, 1.807) is 0 Å². The molecular formula is C30H30GeNO+. The van der Waals surface area contributed by atoms with Gasteiger partial charge in [-0.05, 0) is 0 Å². The first-order valence-corrected chi connectivity index (χ1v) is 18.5. The summed E-state index contributed by atoms with van der Waals surface area (Å²) < 4.78 is 28.1. The Labute approximate surface area is 201 Å². The van der Waals surface area contributed by atoms with Crippen molar-refractivity contribution >= 4 is 39.6 Å². The second-order valence-electron chi connectivity index (χ2n) is 9.90. The maximum absolute atomic E-state index is 8.95. The van der Waals surface area contributed by atoms with Crippen LogP contribution in [0.1, 0.15) is 20.3 Å². The molecule has 2 nitrogen and oxygen atoms in total. The van der Waals surface area contributed by atoms with Crippen LogP contribution < -0.4 is 8.96 Å². The minimum absolute atomic E-state index is 0.605. The van der Waals surface area contributed by atoms with E-state index in [-0.39, 0.29) is 0 Å². The van der Waals surface area contributed by atoms with E-state index in [0.29, 0.717) is 6.42 Å². The number of pyridine rings is 1. The third-order valence-electron chi connectivity index (χ3n) is 7.32. The zero-order chi connectivity index (χ0) is 24.5. The average molecular weight is 495 g/mol. The first kappa shape index (κ1) is 18.6. The molecule has 164 valence electrons. The van der Waals surface area contributed by atoms with Gasteiger partial charge in [-0.1, -0.05) is 0 Å². The molecule has 0 atom stereocenters. The van der Waals surface area contributed by atoms with Crippen LogP contribution in [0.4, 0.5) is 0 Å². The third kappa shape index (κ3) is 3.18. The molecule has 0 aliphatic carbocycles. The van der Waals surface area contributed by atoms with Gasteiger partial charge in [-0.2, -0.15) is 0 Å². The SMILES string of the molecule is [2H]C1([2H])C[CH2][Ge]([CH3])([CH3])[c]2cccc(-c3cccc4c3oc3c(-c5cccc[n+]5C)c(C)ccc34)c21. The molecule has 6 rings (SSSR count). The first-order valence-electron chi connectivity index (χ1n) is 12.7. The molecule has 0 bridgehead atoms. The molecule has 0 fully saturated rings. The van der Waals surface area contributed by atoms with Gasteiger partial charge in [0, 0.05) is 0 Å². The standard InChI is InChI=1S/C30H30GeNO/c1-20-16-17-25-24-12-7-11-23(21-10-8-14-26-22(21)13-9-18-31(26,2)3)29(24)33-30(25)28(20)27-15-5-6-19-32(27)4/h5-8,10-12,14-17,19H,9,13,18H2,1-4H3/q+1/i13D2. The van der Waals surface area contributed by atoms with Crippen LogP contribution >= 0.6 is 0 Å². The van der Waals surface area contributed by atoms with Gasteiger partial charge in [-0.15, -0.1) is 0 Å². The summed E-state index contributed by atoms with van der Waals surface area (Å²) in [6.07, 6.45) is 1.33. The molecular weight excluding hydrogens is 463 g/mol. The van der Waals surface area contributed by atoms with E-state index in [9.17, 15) is 0 Å². The molecule has 5 aromatic rings. The fraction of sp³-hybridized carbons (Fsp3) is 0.233. The summed E-state index contributed by atoms with van der Waals surface area (Å²) in [4.78, 5) is 0. The van der Waals surface area contributed by atoms with Crippen LogP contribution in [0.5, 0.6) is 0 Å². The summed E-state index contributed by atoms with van der Waals surface area (Å²) in [5.74, 6) is 4.82. The van der Waals surface area contributed by atoms with Gasteiger partial charge in [0.1, 0.15) is 0 Å². The maximum atomic E-state index is 8.95. The molecule has 3 heterocycles. The summed E-state index contributed by atoms with van der Waals surface area (Å²) in [7, 11) is 2.06. The summed E-state index contributed by atoms with van der Waals surface area (Å²) in [5, 5.41) is 3.19. The molecule has 0 N–H and O–H groups in total. The Kier molecular flexibility index (Phi) is 4.27. The summed E-state index contributed by atoms with van der Waals surface area (Å²) in [5.41, 5.74) is 7.99. The van der Waals surface area contributed by atoms with Gasteiger partial charge < -0.3 is 0 Å². The Morgan fingerprint density at radius 2 is 1.67 bits per heavy atom. The molecule has 1 aliphatic heterocycles. The van der Waals surface area contributed by atoms with E-state index in [2.05, 4.69) is 96.9 Å². The second-order valence-corrected chi connectivity index (χ2v) is 20.0. The molecule has 0 saturated carbocycles. The number of para-hydroxylation sites is 1. The Bertz CT molecular complexity index is 1630. The molecule has 0 amide bonds. The van der Waals surface area contributed by atoms with Crippen molar-refractivity contribution in [3.05, 3.63) is 84.1 Å². The van der Waals surface area contributed by atoms with Crippen LogP contribution in [-0.4, -0.2) is 13.3 Å². The van der Waals surface area contributed by atoms with Crippen LogP contribution in [0, 0.1) is 6.92 Å². The first-order chi connectivity index (χ1) is 16.7. The fourth-order valence-electron chi connectivity index (χ4n) is 5.44. The normalized spacial score (nSPS) is 17.6. The van der Waals surface area contributed by atoms with Gasteiger partial charge in [0.15, 0.2) is 0 Å². The Morgan fingerprint density at radius 3 is 2.52 bits per heavy atom. The van der Waals surface area contributed by atoms with Crippen molar-refractivity contribution in [2.75, 3.05) is 0 Å². The summed E-state index contributed by atoms with van der Waals surface area (Å²) >= 11 is -2.28. The van der Waals surface area contributed by atoms with Crippen LogP contribution in [-0.2, 0) is 13.4 Å². The zero-order valence-electron chi connectivity index (χ0n) is 21.7. The molecule has 0 spiro atoms. The van der Waals surface area contributed by atoms with E-state index in [4.69, 9.17) is 7.16 Å².